The minimum Gasteiger partial charge on any atom is -0.481 e. The molecule has 1 spiro atoms. The standard InChI is InChI=1S/C30H40O7/c1-15(2)19-13-24-30(37-24)21(27(19,5)9-8-25(33)34)14-22(31)28(6)20(12-23(32)29(28,30)7)16(3)10-18-11-17(4)26(35)36-18/h10,14,17-20,23-24,32H,1,8-9,11-13H2,2-7H3,(H,33,34)/b16-10+/t17-,18-,19-,20+,23+,24+,27-,28-,29+,30-/m0/s1. The number of epoxide rings is 1. The second-order valence-corrected chi connectivity index (χ2v) is 12.9. The van der Waals surface area contributed by atoms with Gasteiger partial charge in [0.2, 0.25) is 0 Å². The minimum atomic E-state index is -0.927. The second kappa shape index (κ2) is 8.12. The number of ether oxygens (including phenoxy) is 2. The van der Waals surface area contributed by atoms with Crippen molar-refractivity contribution >= 4 is 17.7 Å². The topological polar surface area (TPSA) is 113 Å². The average molecular weight is 513 g/mol. The van der Waals surface area contributed by atoms with Crippen LogP contribution in [0.5, 0.6) is 0 Å². The fraction of sp³-hybridized carbons (Fsp3) is 0.700. The van der Waals surface area contributed by atoms with Crippen LogP contribution in [-0.2, 0) is 23.9 Å². The van der Waals surface area contributed by atoms with Gasteiger partial charge in [0.25, 0.3) is 0 Å². The lowest BCUT2D eigenvalue weighted by atomic mass is 9.43. The Hall–Kier alpha value is -2.25. The van der Waals surface area contributed by atoms with E-state index in [-0.39, 0.29) is 48.1 Å². The van der Waals surface area contributed by atoms with Gasteiger partial charge in [0, 0.05) is 23.7 Å². The first-order valence-electron chi connectivity index (χ1n) is 13.5. The molecule has 0 unspecified atom stereocenters. The van der Waals surface area contributed by atoms with Crippen LogP contribution in [0.3, 0.4) is 0 Å². The number of esters is 1. The number of fused-ring (bicyclic) bond motifs is 1. The smallest absolute Gasteiger partial charge is 0.309 e. The largest absolute Gasteiger partial charge is 0.481 e. The van der Waals surface area contributed by atoms with E-state index in [1.807, 2.05) is 47.6 Å². The minimum absolute atomic E-state index is 0.0190. The molecule has 0 bridgehead atoms. The maximum Gasteiger partial charge on any atom is 0.309 e. The molecule has 0 aromatic rings. The highest BCUT2D eigenvalue weighted by molar-refractivity contribution is 5.99. The molecule has 3 aliphatic carbocycles. The fourth-order valence-electron chi connectivity index (χ4n) is 8.81. The van der Waals surface area contributed by atoms with Gasteiger partial charge < -0.3 is 19.7 Å². The predicted molar refractivity (Wildman–Crippen MR) is 136 cm³/mol. The maximum atomic E-state index is 14.2. The SMILES string of the molecule is C=C(C)[C@@H]1C[C@H]2O[C@@]23C(=CC(=O)[C@]2(C)[C@@H](/C(C)=C/[C@H]4C[C@H](C)C(=O)O4)C[C@@H](O)[C@]23C)[C@@]1(C)CCC(=O)O. The lowest BCUT2D eigenvalue weighted by Gasteiger charge is -2.57. The quantitative estimate of drug-likeness (QED) is 0.308. The van der Waals surface area contributed by atoms with Crippen molar-refractivity contribution in [3.8, 4) is 0 Å². The van der Waals surface area contributed by atoms with Gasteiger partial charge in [-0.1, -0.05) is 45.4 Å². The molecule has 2 N–H and O–H groups in total. The number of aliphatic hydroxyl groups excluding tert-OH is 1. The van der Waals surface area contributed by atoms with Gasteiger partial charge in [0.05, 0.1) is 18.1 Å². The molecule has 7 nitrogen and oxygen atoms in total. The van der Waals surface area contributed by atoms with Gasteiger partial charge >= 0.3 is 11.9 Å². The van der Waals surface area contributed by atoms with E-state index < -0.39 is 33.9 Å². The highest BCUT2D eigenvalue weighted by Crippen LogP contribution is 2.78. The molecule has 7 heteroatoms. The van der Waals surface area contributed by atoms with Gasteiger partial charge in [-0.15, -0.1) is 0 Å². The van der Waals surface area contributed by atoms with Crippen molar-refractivity contribution in [1.29, 1.82) is 0 Å². The summed E-state index contributed by atoms with van der Waals surface area (Å²) in [5.74, 6) is -1.56. The average Bonchev–Trinajstić information content (AvgIpc) is 3.40. The van der Waals surface area contributed by atoms with E-state index in [1.165, 1.54) is 0 Å². The lowest BCUT2D eigenvalue weighted by molar-refractivity contribution is -0.144. The molecule has 4 fully saturated rings. The first kappa shape index (κ1) is 26.4. The number of cyclic esters (lactones) is 1. The van der Waals surface area contributed by atoms with Crippen molar-refractivity contribution < 1.29 is 34.1 Å². The van der Waals surface area contributed by atoms with Crippen LogP contribution in [0.1, 0.15) is 73.6 Å². The molecule has 0 radical (unpaired) electrons. The van der Waals surface area contributed by atoms with E-state index in [4.69, 9.17) is 9.47 Å². The normalized spacial score (nSPS) is 48.5. The number of carbonyl (C=O) groups excluding carboxylic acids is 2. The van der Waals surface area contributed by atoms with E-state index in [0.29, 0.717) is 25.7 Å². The molecule has 2 aliphatic heterocycles. The molecule has 5 aliphatic rings. The fourth-order valence-corrected chi connectivity index (χ4v) is 8.81. The Morgan fingerprint density at radius 2 is 1.84 bits per heavy atom. The number of hydrogen-bond acceptors (Lipinski definition) is 6. The predicted octanol–water partition coefficient (Wildman–Crippen LogP) is 4.39. The number of carboxylic acid groups (broad SMARTS) is 1. The Labute approximate surface area is 219 Å². The van der Waals surface area contributed by atoms with Crippen LogP contribution >= 0.6 is 0 Å². The van der Waals surface area contributed by atoms with Gasteiger partial charge in [-0.25, -0.2) is 0 Å². The monoisotopic (exact) mass is 512 g/mol. The Bertz CT molecular complexity index is 1150. The van der Waals surface area contributed by atoms with Crippen molar-refractivity contribution in [1.82, 2.24) is 0 Å². The third kappa shape index (κ3) is 3.22. The number of carbonyl (C=O) groups is 3. The Morgan fingerprint density at radius 3 is 2.41 bits per heavy atom. The molecular formula is C30H40O7. The number of allylic oxidation sites excluding steroid dienone is 3. The van der Waals surface area contributed by atoms with E-state index in [0.717, 1.165) is 16.7 Å². The van der Waals surface area contributed by atoms with Crippen molar-refractivity contribution in [2.24, 2.45) is 34.0 Å². The van der Waals surface area contributed by atoms with Crippen molar-refractivity contribution in [3.05, 3.63) is 35.5 Å². The summed E-state index contributed by atoms with van der Waals surface area (Å²) in [7, 11) is 0. The summed E-state index contributed by atoms with van der Waals surface area (Å²) in [5.41, 5.74) is -0.534. The van der Waals surface area contributed by atoms with Crippen LogP contribution in [0, 0.1) is 34.0 Å². The number of aliphatic carboxylic acids is 1. The van der Waals surface area contributed by atoms with Crippen LogP contribution in [0.4, 0.5) is 0 Å². The third-order valence-corrected chi connectivity index (χ3v) is 11.1. The first-order valence-corrected chi connectivity index (χ1v) is 13.5. The van der Waals surface area contributed by atoms with Crippen molar-refractivity contribution in [3.63, 3.8) is 0 Å². The number of rotatable bonds is 6. The first-order chi connectivity index (χ1) is 17.1. The molecule has 37 heavy (non-hydrogen) atoms. The number of hydrogen-bond donors (Lipinski definition) is 2. The number of ketones is 1. The molecule has 0 aromatic heterocycles. The Balaban J connectivity index is 1.60. The third-order valence-electron chi connectivity index (χ3n) is 11.1. The molecule has 202 valence electrons. The van der Waals surface area contributed by atoms with Gasteiger partial charge in [0.1, 0.15) is 11.7 Å². The van der Waals surface area contributed by atoms with Crippen LogP contribution < -0.4 is 0 Å². The summed E-state index contributed by atoms with van der Waals surface area (Å²) in [4.78, 5) is 37.8. The Kier molecular flexibility index (Phi) is 5.79. The van der Waals surface area contributed by atoms with Gasteiger partial charge in [-0.05, 0) is 68.1 Å². The zero-order valence-corrected chi connectivity index (χ0v) is 22.8. The summed E-state index contributed by atoms with van der Waals surface area (Å²) < 4.78 is 12.1. The van der Waals surface area contributed by atoms with Gasteiger partial charge in [-0.2, -0.15) is 0 Å². The molecule has 0 amide bonds. The molecule has 0 aromatic carbocycles. The zero-order chi connectivity index (χ0) is 27.3. The number of aliphatic hydroxyl groups is 1. The molecule has 2 saturated heterocycles. The number of carboxylic acids is 1. The van der Waals surface area contributed by atoms with Crippen LogP contribution in [0.25, 0.3) is 0 Å². The summed E-state index contributed by atoms with van der Waals surface area (Å²) in [6.07, 6.45) is 4.46. The van der Waals surface area contributed by atoms with E-state index in [2.05, 4.69) is 6.58 Å². The maximum absolute atomic E-state index is 14.2. The van der Waals surface area contributed by atoms with Gasteiger partial charge in [0.15, 0.2) is 5.78 Å². The van der Waals surface area contributed by atoms with Crippen LogP contribution in [-0.4, -0.2) is 51.8 Å². The van der Waals surface area contributed by atoms with Crippen molar-refractivity contribution in [2.45, 2.75) is 97.6 Å². The molecule has 10 atom stereocenters. The molecule has 2 saturated carbocycles. The van der Waals surface area contributed by atoms with Crippen LogP contribution in [0.15, 0.2) is 35.5 Å². The zero-order valence-electron chi connectivity index (χ0n) is 22.8. The Morgan fingerprint density at radius 1 is 1.16 bits per heavy atom. The lowest BCUT2D eigenvalue weighted by Crippen LogP contribution is -2.63. The summed E-state index contributed by atoms with van der Waals surface area (Å²) in [5, 5.41) is 21.3. The second-order valence-electron chi connectivity index (χ2n) is 12.9. The molecule has 2 heterocycles. The van der Waals surface area contributed by atoms with Crippen molar-refractivity contribution in [2.75, 3.05) is 0 Å². The highest BCUT2D eigenvalue weighted by atomic mass is 16.6. The summed E-state index contributed by atoms with van der Waals surface area (Å²) in [6, 6.07) is 0. The van der Waals surface area contributed by atoms with E-state index in [1.54, 1.807) is 6.08 Å². The highest BCUT2D eigenvalue weighted by Gasteiger charge is 2.84. The molecular weight excluding hydrogens is 472 g/mol. The van der Waals surface area contributed by atoms with Gasteiger partial charge in [-0.3, -0.25) is 14.4 Å². The summed E-state index contributed by atoms with van der Waals surface area (Å²) in [6.45, 7) is 16.0. The van der Waals surface area contributed by atoms with E-state index >= 15 is 0 Å². The van der Waals surface area contributed by atoms with Crippen LogP contribution in [0.2, 0.25) is 0 Å². The summed E-state index contributed by atoms with van der Waals surface area (Å²) >= 11 is 0. The van der Waals surface area contributed by atoms with E-state index in [9.17, 15) is 24.6 Å². The molecule has 5 rings (SSSR count).